The Bertz CT molecular complexity index is 714. The van der Waals surface area contributed by atoms with E-state index in [9.17, 15) is 17.6 Å². The van der Waals surface area contributed by atoms with Crippen LogP contribution < -0.4 is 0 Å². The van der Waals surface area contributed by atoms with Crippen LogP contribution in [0, 0.1) is 23.3 Å². The molecule has 0 aromatic heterocycles. The Labute approximate surface area is 130 Å². The monoisotopic (exact) mass is 327 g/mol. The first kappa shape index (κ1) is 16.6. The molecule has 0 bridgehead atoms. The summed E-state index contributed by atoms with van der Waals surface area (Å²) in [5, 5.41) is 0. The Morgan fingerprint density at radius 3 is 2.00 bits per heavy atom. The third kappa shape index (κ3) is 3.03. The number of halogens is 4. The summed E-state index contributed by atoms with van der Waals surface area (Å²) >= 11 is 0.763. The fraction of sp³-hybridized carbons (Fsp3) is 0.125. The van der Waals surface area contributed by atoms with E-state index in [1.807, 2.05) is 0 Å². The van der Waals surface area contributed by atoms with Crippen LogP contribution in [-0.4, -0.2) is 18.4 Å². The molecule has 2 aromatic carbocycles. The highest BCUT2D eigenvalue weighted by molar-refractivity contribution is 7.97. The van der Waals surface area contributed by atoms with Gasteiger partial charge in [0.25, 0.3) is 0 Å². The molecule has 0 amide bonds. The highest BCUT2D eigenvalue weighted by Gasteiger charge is 2.27. The van der Waals surface area contributed by atoms with Gasteiger partial charge in [0.2, 0.25) is 0 Å². The maximum atomic E-state index is 14.2. The van der Waals surface area contributed by atoms with Gasteiger partial charge in [0.1, 0.15) is 0 Å². The standard InChI is InChI=1S/C16H13F4NS/c1-9(10-7-5-4-6-8-10)11-12(17)13(18)14(19)15(20)16(11)22-21(2)3/h4-8H,1H2,2-3H3. The van der Waals surface area contributed by atoms with Gasteiger partial charge in [0.15, 0.2) is 23.3 Å². The smallest absolute Gasteiger partial charge is 0.198 e. The number of rotatable bonds is 4. The quantitative estimate of drug-likeness (QED) is 0.341. The lowest BCUT2D eigenvalue weighted by molar-refractivity contribution is 0.396. The normalized spacial score (nSPS) is 11.0. The topological polar surface area (TPSA) is 3.24 Å². The molecule has 0 radical (unpaired) electrons. The molecule has 0 spiro atoms. The summed E-state index contributed by atoms with van der Waals surface area (Å²) in [5.41, 5.74) is 0.203. The van der Waals surface area contributed by atoms with E-state index >= 15 is 0 Å². The molecule has 6 heteroatoms. The second kappa shape index (κ2) is 6.54. The fourth-order valence-electron chi connectivity index (χ4n) is 1.93. The first-order chi connectivity index (χ1) is 10.3. The molecule has 0 aliphatic rings. The predicted molar refractivity (Wildman–Crippen MR) is 80.4 cm³/mol. The minimum Gasteiger partial charge on any atom is -0.252 e. The summed E-state index contributed by atoms with van der Waals surface area (Å²) in [5.74, 6) is -6.54. The zero-order valence-corrected chi connectivity index (χ0v) is 12.8. The van der Waals surface area contributed by atoms with Gasteiger partial charge in [-0.1, -0.05) is 36.9 Å². The summed E-state index contributed by atoms with van der Waals surface area (Å²) in [6.45, 7) is 3.71. The Balaban J connectivity index is 2.70. The van der Waals surface area contributed by atoms with Crippen molar-refractivity contribution in [1.82, 2.24) is 4.31 Å². The lowest BCUT2D eigenvalue weighted by atomic mass is 9.98. The highest BCUT2D eigenvalue weighted by atomic mass is 32.2. The van der Waals surface area contributed by atoms with Gasteiger partial charge in [-0.05, 0) is 37.2 Å². The van der Waals surface area contributed by atoms with Crippen molar-refractivity contribution >= 4 is 17.5 Å². The highest BCUT2D eigenvalue weighted by Crippen LogP contribution is 2.38. The van der Waals surface area contributed by atoms with Crippen LogP contribution in [-0.2, 0) is 0 Å². The molecular formula is C16H13F4NS. The molecule has 0 aliphatic carbocycles. The van der Waals surface area contributed by atoms with Gasteiger partial charge < -0.3 is 0 Å². The lowest BCUT2D eigenvalue weighted by Crippen LogP contribution is -2.09. The molecule has 0 N–H and O–H groups in total. The number of hydrogen-bond donors (Lipinski definition) is 0. The van der Waals surface area contributed by atoms with Crippen LogP contribution in [0.2, 0.25) is 0 Å². The zero-order valence-electron chi connectivity index (χ0n) is 12.0. The van der Waals surface area contributed by atoms with Crippen molar-refractivity contribution in [2.75, 3.05) is 14.1 Å². The number of benzene rings is 2. The average Bonchev–Trinajstić information content (AvgIpc) is 2.51. The van der Waals surface area contributed by atoms with Crippen LogP contribution in [0.1, 0.15) is 11.1 Å². The van der Waals surface area contributed by atoms with Crippen LogP contribution in [0.3, 0.4) is 0 Å². The maximum Gasteiger partial charge on any atom is 0.198 e. The SMILES string of the molecule is C=C(c1ccccc1)c1c(F)c(F)c(F)c(F)c1SN(C)C. The van der Waals surface area contributed by atoms with E-state index in [2.05, 4.69) is 6.58 Å². The largest absolute Gasteiger partial charge is 0.252 e. The summed E-state index contributed by atoms with van der Waals surface area (Å²) < 4.78 is 56.8. The fourth-order valence-corrected chi connectivity index (χ4v) is 2.77. The van der Waals surface area contributed by atoms with E-state index in [0.29, 0.717) is 5.56 Å². The third-order valence-electron chi connectivity index (χ3n) is 2.92. The van der Waals surface area contributed by atoms with E-state index in [4.69, 9.17) is 0 Å². The first-order valence-electron chi connectivity index (χ1n) is 6.30. The van der Waals surface area contributed by atoms with E-state index in [-0.39, 0.29) is 16.0 Å². The van der Waals surface area contributed by atoms with E-state index < -0.39 is 23.3 Å². The van der Waals surface area contributed by atoms with Gasteiger partial charge in [-0.25, -0.2) is 17.6 Å². The molecule has 2 aromatic rings. The van der Waals surface area contributed by atoms with Crippen molar-refractivity contribution < 1.29 is 17.6 Å². The molecule has 0 heterocycles. The van der Waals surface area contributed by atoms with Gasteiger partial charge in [-0.15, -0.1) is 0 Å². The summed E-state index contributed by atoms with van der Waals surface area (Å²) in [7, 11) is 3.16. The zero-order chi connectivity index (χ0) is 16.4. The summed E-state index contributed by atoms with van der Waals surface area (Å²) in [4.78, 5) is -0.338. The summed E-state index contributed by atoms with van der Waals surface area (Å²) in [6.07, 6.45) is 0. The molecule has 0 saturated heterocycles. The third-order valence-corrected chi connectivity index (χ3v) is 3.85. The van der Waals surface area contributed by atoms with E-state index in [0.717, 1.165) is 11.9 Å². The molecule has 22 heavy (non-hydrogen) atoms. The minimum atomic E-state index is -1.84. The Morgan fingerprint density at radius 2 is 1.45 bits per heavy atom. The van der Waals surface area contributed by atoms with Gasteiger partial charge in [0, 0.05) is 5.56 Å². The van der Waals surface area contributed by atoms with E-state index in [1.54, 1.807) is 44.4 Å². The molecule has 0 atom stereocenters. The number of hydrogen-bond acceptors (Lipinski definition) is 2. The van der Waals surface area contributed by atoms with Gasteiger partial charge in [0.05, 0.1) is 4.90 Å². The molecular weight excluding hydrogens is 314 g/mol. The van der Waals surface area contributed by atoms with Crippen LogP contribution in [0.15, 0.2) is 41.8 Å². The van der Waals surface area contributed by atoms with Crippen molar-refractivity contribution in [3.63, 3.8) is 0 Å². The van der Waals surface area contributed by atoms with Crippen LogP contribution in [0.25, 0.3) is 5.57 Å². The molecule has 0 fully saturated rings. The average molecular weight is 327 g/mol. The first-order valence-corrected chi connectivity index (χ1v) is 7.07. The van der Waals surface area contributed by atoms with Crippen molar-refractivity contribution in [2.45, 2.75) is 4.90 Å². The lowest BCUT2D eigenvalue weighted by Gasteiger charge is -2.17. The maximum absolute atomic E-state index is 14.2. The summed E-state index contributed by atoms with van der Waals surface area (Å²) in [6, 6.07) is 8.38. The van der Waals surface area contributed by atoms with Crippen molar-refractivity contribution in [2.24, 2.45) is 0 Å². The molecule has 2 rings (SSSR count). The molecule has 116 valence electrons. The van der Waals surface area contributed by atoms with Crippen LogP contribution in [0.5, 0.6) is 0 Å². The molecule has 0 aliphatic heterocycles. The van der Waals surface area contributed by atoms with E-state index in [1.165, 1.54) is 4.31 Å². The molecule has 0 saturated carbocycles. The van der Waals surface area contributed by atoms with Crippen LogP contribution in [0.4, 0.5) is 17.6 Å². The number of nitrogens with zero attached hydrogens (tertiary/aromatic N) is 1. The van der Waals surface area contributed by atoms with Crippen molar-refractivity contribution in [3.8, 4) is 0 Å². The Hall–Kier alpha value is -1.79. The minimum absolute atomic E-state index is 0.0836. The van der Waals surface area contributed by atoms with Crippen molar-refractivity contribution in [1.29, 1.82) is 0 Å². The molecule has 0 unspecified atom stereocenters. The van der Waals surface area contributed by atoms with Gasteiger partial charge in [-0.2, -0.15) is 0 Å². The predicted octanol–water partition coefficient (Wildman–Crippen LogP) is 4.87. The Kier molecular flexibility index (Phi) is 4.93. The molecule has 1 nitrogen and oxygen atoms in total. The second-order valence-electron chi connectivity index (χ2n) is 4.71. The van der Waals surface area contributed by atoms with Crippen molar-refractivity contribution in [3.05, 3.63) is 71.3 Å². The Morgan fingerprint density at radius 1 is 0.909 bits per heavy atom. The van der Waals surface area contributed by atoms with Crippen LogP contribution >= 0.6 is 11.9 Å². The second-order valence-corrected chi connectivity index (χ2v) is 6.03. The van der Waals surface area contributed by atoms with Gasteiger partial charge >= 0.3 is 0 Å². The van der Waals surface area contributed by atoms with Gasteiger partial charge in [-0.3, -0.25) is 4.31 Å².